The van der Waals surface area contributed by atoms with E-state index in [1.165, 1.54) is 12.1 Å². The second kappa shape index (κ2) is 9.25. The van der Waals surface area contributed by atoms with E-state index in [-0.39, 0.29) is 5.69 Å². The minimum absolute atomic E-state index is 0.0686. The van der Waals surface area contributed by atoms with Gasteiger partial charge in [-0.1, -0.05) is 18.2 Å². The minimum atomic E-state index is -0.397. The Kier molecular flexibility index (Phi) is 6.52. The largest absolute Gasteiger partial charge is 0.385 e. The van der Waals surface area contributed by atoms with Crippen LogP contribution in [-0.4, -0.2) is 34.5 Å². The Morgan fingerprint density at radius 1 is 1.18 bits per heavy atom. The predicted octanol–water partition coefficient (Wildman–Crippen LogP) is 3.96. The van der Waals surface area contributed by atoms with Crippen LogP contribution in [0.15, 0.2) is 60.8 Å². The summed E-state index contributed by atoms with van der Waals surface area (Å²) < 4.78 is 6.98. The van der Waals surface area contributed by atoms with Crippen molar-refractivity contribution in [1.29, 1.82) is 0 Å². The number of methoxy groups -OCH3 is 1. The van der Waals surface area contributed by atoms with Crippen molar-refractivity contribution in [2.75, 3.05) is 13.7 Å². The third kappa shape index (κ3) is 4.82. The molecule has 1 atom stereocenters. The lowest BCUT2D eigenvalue weighted by Gasteiger charge is -2.13. The molecule has 0 fully saturated rings. The first-order valence-electron chi connectivity index (χ1n) is 9.19. The lowest BCUT2D eigenvalue weighted by atomic mass is 10.1. The van der Waals surface area contributed by atoms with Gasteiger partial charge in [0.2, 0.25) is 0 Å². The maximum absolute atomic E-state index is 10.9. The van der Waals surface area contributed by atoms with E-state index < -0.39 is 4.92 Å². The van der Waals surface area contributed by atoms with Crippen molar-refractivity contribution < 1.29 is 9.66 Å². The van der Waals surface area contributed by atoms with E-state index in [0.717, 1.165) is 28.9 Å². The SMILES string of the molecule is COCCC(C)NCc1cn(-c2ccccc2)nc1-c1ccc([N+](=O)[O-])cc1. The zero-order valence-electron chi connectivity index (χ0n) is 16.0. The number of para-hydroxylation sites is 1. The predicted molar refractivity (Wildman–Crippen MR) is 108 cm³/mol. The van der Waals surface area contributed by atoms with Gasteiger partial charge in [-0.05, 0) is 37.6 Å². The van der Waals surface area contributed by atoms with E-state index in [1.807, 2.05) is 41.2 Å². The molecule has 0 aliphatic heterocycles. The maximum Gasteiger partial charge on any atom is 0.269 e. The zero-order valence-corrected chi connectivity index (χ0v) is 16.0. The number of aromatic nitrogens is 2. The molecule has 2 aromatic carbocycles. The normalized spacial score (nSPS) is 12.1. The van der Waals surface area contributed by atoms with Crippen molar-refractivity contribution >= 4 is 5.69 Å². The Labute approximate surface area is 164 Å². The summed E-state index contributed by atoms with van der Waals surface area (Å²) in [6.45, 7) is 3.46. The van der Waals surface area contributed by atoms with Gasteiger partial charge in [-0.25, -0.2) is 4.68 Å². The Morgan fingerprint density at radius 2 is 1.89 bits per heavy atom. The Hall–Kier alpha value is -3.03. The molecule has 7 nitrogen and oxygen atoms in total. The molecule has 7 heteroatoms. The van der Waals surface area contributed by atoms with E-state index in [0.29, 0.717) is 19.2 Å². The maximum atomic E-state index is 10.9. The molecule has 146 valence electrons. The van der Waals surface area contributed by atoms with E-state index in [9.17, 15) is 10.1 Å². The molecule has 0 radical (unpaired) electrons. The first-order valence-corrected chi connectivity index (χ1v) is 9.19. The summed E-state index contributed by atoms with van der Waals surface area (Å²) in [6.07, 6.45) is 2.91. The molecule has 0 amide bonds. The minimum Gasteiger partial charge on any atom is -0.385 e. The molecule has 1 heterocycles. The van der Waals surface area contributed by atoms with Crippen molar-refractivity contribution in [3.63, 3.8) is 0 Å². The highest BCUT2D eigenvalue weighted by atomic mass is 16.6. The number of benzene rings is 2. The van der Waals surface area contributed by atoms with Crippen LogP contribution in [0.3, 0.4) is 0 Å². The number of nitro groups is 1. The molecule has 3 aromatic rings. The van der Waals surface area contributed by atoms with Crippen molar-refractivity contribution in [2.24, 2.45) is 0 Å². The van der Waals surface area contributed by atoms with Gasteiger partial charge in [0.15, 0.2) is 0 Å². The summed E-state index contributed by atoms with van der Waals surface area (Å²) in [5.41, 5.74) is 3.72. The second-order valence-corrected chi connectivity index (χ2v) is 6.65. The molecule has 28 heavy (non-hydrogen) atoms. The summed E-state index contributed by atoms with van der Waals surface area (Å²) in [4.78, 5) is 10.5. The number of rotatable bonds is 9. The quantitative estimate of drug-likeness (QED) is 0.449. The van der Waals surface area contributed by atoms with Crippen LogP contribution in [0, 0.1) is 10.1 Å². The number of hydrogen-bond acceptors (Lipinski definition) is 5. The Bertz CT molecular complexity index is 907. The van der Waals surface area contributed by atoms with Crippen molar-refractivity contribution in [3.8, 4) is 16.9 Å². The highest BCUT2D eigenvalue weighted by Crippen LogP contribution is 2.26. The van der Waals surface area contributed by atoms with Gasteiger partial charge in [0, 0.05) is 55.8 Å². The summed E-state index contributed by atoms with van der Waals surface area (Å²) in [5.74, 6) is 0. The average Bonchev–Trinajstić information content (AvgIpc) is 3.15. The van der Waals surface area contributed by atoms with Gasteiger partial charge in [0.25, 0.3) is 5.69 Å². The first kappa shape index (κ1) is 19.7. The highest BCUT2D eigenvalue weighted by Gasteiger charge is 2.14. The molecule has 0 aliphatic rings. The van der Waals surface area contributed by atoms with E-state index in [2.05, 4.69) is 12.2 Å². The van der Waals surface area contributed by atoms with Crippen LogP contribution in [0.5, 0.6) is 0 Å². The fraction of sp³-hybridized carbons (Fsp3) is 0.286. The van der Waals surface area contributed by atoms with E-state index in [1.54, 1.807) is 19.2 Å². The number of hydrogen-bond donors (Lipinski definition) is 1. The molecule has 1 aromatic heterocycles. The molecule has 0 saturated heterocycles. The van der Waals surface area contributed by atoms with Crippen LogP contribution < -0.4 is 5.32 Å². The molecule has 3 rings (SSSR count). The van der Waals surface area contributed by atoms with Gasteiger partial charge >= 0.3 is 0 Å². The number of nitrogens with zero attached hydrogens (tertiary/aromatic N) is 3. The van der Waals surface area contributed by atoms with Gasteiger partial charge in [0.1, 0.15) is 0 Å². The third-order valence-electron chi connectivity index (χ3n) is 4.56. The van der Waals surface area contributed by atoms with E-state index in [4.69, 9.17) is 9.84 Å². The van der Waals surface area contributed by atoms with Gasteiger partial charge in [-0.2, -0.15) is 5.10 Å². The summed E-state index contributed by atoms with van der Waals surface area (Å²) in [6, 6.07) is 16.7. The van der Waals surface area contributed by atoms with Crippen LogP contribution in [0.2, 0.25) is 0 Å². The summed E-state index contributed by atoms with van der Waals surface area (Å²) in [5, 5.41) is 19.2. The summed E-state index contributed by atoms with van der Waals surface area (Å²) >= 11 is 0. The third-order valence-corrected chi connectivity index (χ3v) is 4.56. The summed E-state index contributed by atoms with van der Waals surface area (Å²) in [7, 11) is 1.70. The number of nitrogens with one attached hydrogen (secondary N) is 1. The van der Waals surface area contributed by atoms with Crippen LogP contribution in [0.4, 0.5) is 5.69 Å². The van der Waals surface area contributed by atoms with E-state index >= 15 is 0 Å². The van der Waals surface area contributed by atoms with Gasteiger partial charge < -0.3 is 10.1 Å². The van der Waals surface area contributed by atoms with Crippen molar-refractivity contribution in [2.45, 2.75) is 25.9 Å². The molecule has 0 aliphatic carbocycles. The first-order chi connectivity index (χ1) is 13.6. The molecular weight excluding hydrogens is 356 g/mol. The second-order valence-electron chi connectivity index (χ2n) is 6.65. The zero-order chi connectivity index (χ0) is 19.9. The van der Waals surface area contributed by atoms with Crippen molar-refractivity contribution in [3.05, 3.63) is 76.5 Å². The standard InChI is InChI=1S/C21H24N4O3/c1-16(12-13-28-2)22-14-18-15-24(19-6-4-3-5-7-19)23-21(18)17-8-10-20(11-9-17)25(26)27/h3-11,15-16,22H,12-14H2,1-2H3. The van der Waals surface area contributed by atoms with Gasteiger partial charge in [-0.3, -0.25) is 10.1 Å². The van der Waals surface area contributed by atoms with Crippen LogP contribution in [0.25, 0.3) is 16.9 Å². The van der Waals surface area contributed by atoms with Gasteiger partial charge in [-0.15, -0.1) is 0 Å². The Balaban J connectivity index is 1.89. The number of non-ortho nitro benzene ring substituents is 1. The van der Waals surface area contributed by atoms with Gasteiger partial charge in [0.05, 0.1) is 16.3 Å². The molecule has 1 N–H and O–H groups in total. The van der Waals surface area contributed by atoms with Crippen LogP contribution in [0.1, 0.15) is 18.9 Å². The molecule has 0 bridgehead atoms. The van der Waals surface area contributed by atoms with Crippen LogP contribution in [-0.2, 0) is 11.3 Å². The topological polar surface area (TPSA) is 82.2 Å². The molecule has 1 unspecified atom stereocenters. The van der Waals surface area contributed by atoms with Crippen LogP contribution >= 0.6 is 0 Å². The fourth-order valence-corrected chi connectivity index (χ4v) is 2.92. The lowest BCUT2D eigenvalue weighted by Crippen LogP contribution is -2.26. The monoisotopic (exact) mass is 380 g/mol. The molecular formula is C21H24N4O3. The number of nitro benzene ring substituents is 1. The average molecular weight is 380 g/mol. The molecule has 0 spiro atoms. The smallest absolute Gasteiger partial charge is 0.269 e. The lowest BCUT2D eigenvalue weighted by molar-refractivity contribution is -0.384. The van der Waals surface area contributed by atoms with Crippen molar-refractivity contribution in [1.82, 2.24) is 15.1 Å². The Morgan fingerprint density at radius 3 is 2.54 bits per heavy atom. The number of ether oxygens (including phenoxy) is 1. The fourth-order valence-electron chi connectivity index (χ4n) is 2.92. The highest BCUT2D eigenvalue weighted by molar-refractivity contribution is 5.64. The molecule has 0 saturated carbocycles.